The maximum absolute atomic E-state index is 14.9. The average Bonchev–Trinajstić information content (AvgIpc) is 1.59. The van der Waals surface area contributed by atoms with Crippen molar-refractivity contribution in [2.24, 2.45) is 5.92 Å². The molecule has 1 aromatic heterocycles. The Bertz CT molecular complexity index is 3670. The Morgan fingerprint density at radius 1 is 0.679 bits per heavy atom. The van der Waals surface area contributed by atoms with Gasteiger partial charge in [0.05, 0.1) is 44.0 Å². The molecule has 0 aliphatic carbocycles. The summed E-state index contributed by atoms with van der Waals surface area (Å²) in [5.41, 5.74) is -0.854. The van der Waals surface area contributed by atoms with Gasteiger partial charge in [-0.15, -0.1) is 0 Å². The molecule has 2 aliphatic heterocycles. The Morgan fingerprint density at radius 2 is 1.23 bits per heavy atom. The van der Waals surface area contributed by atoms with E-state index in [9.17, 15) is 97.1 Å². The molecule has 2 saturated heterocycles. The molecule has 0 saturated carbocycles. The van der Waals surface area contributed by atoms with Gasteiger partial charge in [0.1, 0.15) is 60.3 Å². The maximum atomic E-state index is 14.9. The van der Waals surface area contributed by atoms with Crippen LogP contribution in [-0.4, -0.2) is 259 Å². The fourth-order valence-corrected chi connectivity index (χ4v) is 13.3. The number of carbonyl (C=O) groups excluding carboxylic acids is 13. The molecule has 2 aromatic carbocycles. The molecular weight excluding hydrogens is 1720 g/mol. The van der Waals surface area contributed by atoms with E-state index in [2.05, 4.69) is 77.3 Å². The van der Waals surface area contributed by atoms with Gasteiger partial charge in [0.2, 0.25) is 65.0 Å². The normalized spacial score (nSPS) is 19.8. The second-order valence-corrected chi connectivity index (χ2v) is 27.9. The van der Waals surface area contributed by atoms with Crippen LogP contribution in [0.15, 0.2) is 64.3 Å². The first-order valence-corrected chi connectivity index (χ1v) is 35.8. The van der Waals surface area contributed by atoms with Gasteiger partial charge in [-0.3, -0.25) is 76.8 Å². The Labute approximate surface area is 683 Å². The molecule has 106 heavy (non-hydrogen) atoms. The standard InChI is InChI=1S/C66H92N16O20S2.2Gd/c1-36(2)25-49(72-54(90)32-80(55(91)33-81-30-37(3)58(94)78-66(81)102)24-20-69-53(89)31-79(22-18-67-40(6)84)23-19-68-41(7)85)65(101)82-21-8-9-51(82)63(99)76-50-35-104-103-34-38(4)71-64(100)57(39(5)83)77-52(88)29-70-59(95)46(26-42-10-14-44(86)15-11-42)73-60(96)47(27-43-12-16-45(87)17-13-43)74-61(97)48(28-56(92)93)75-62(50)98;;/h10-17,30,36,38-39,46-51,57,83,86-87H,6-9,18-29,31-35H2,1-5H3,(H,67,84)(H,68,85)(H,69,89)(H,70,95)(H,71,100)(H,72,90)(H,73,96)(H,74,97)(H,75,98)(H,76,99)(H,77,88)(H,92,93)(H,78,94,102);;/q-2;;/t38-,39?,46+,47+,48+,49+,50+,51+,57+;;/m1../s1. The third-order valence-electron chi connectivity index (χ3n) is 16.1. The van der Waals surface area contributed by atoms with Crippen LogP contribution >= 0.6 is 21.6 Å². The number of aliphatic hydroxyl groups is 1. The number of aliphatic carboxylic acids is 1. The van der Waals surface area contributed by atoms with Crippen LogP contribution in [0.2, 0.25) is 0 Å². The van der Waals surface area contributed by atoms with Crippen LogP contribution in [0.1, 0.15) is 70.1 Å². The van der Waals surface area contributed by atoms with Gasteiger partial charge in [0.25, 0.3) is 5.56 Å². The molecule has 0 spiro atoms. The zero-order valence-electron chi connectivity index (χ0n) is 59.0. The second-order valence-electron chi connectivity index (χ2n) is 25.3. The van der Waals surface area contributed by atoms with Gasteiger partial charge in [-0.2, -0.15) is 0 Å². The summed E-state index contributed by atoms with van der Waals surface area (Å²) in [5.74, 6) is -13.7. The number of aliphatic hydroxyl groups excluding tert-OH is 1. The molecule has 0 radical (unpaired) electrons. The van der Waals surface area contributed by atoms with Gasteiger partial charge in [0.15, 0.2) is 0 Å². The molecule has 9 atom stereocenters. The van der Waals surface area contributed by atoms with Crippen molar-refractivity contribution in [1.29, 1.82) is 0 Å². The number of amides is 13. The molecule has 16 N–H and O–H groups in total. The largest absolute Gasteiger partial charge is 0.508 e. The van der Waals surface area contributed by atoms with Crippen LogP contribution in [-0.2, 0) is 86.5 Å². The molecule has 3 heterocycles. The summed E-state index contributed by atoms with van der Waals surface area (Å²) in [7, 11) is 2.06. The van der Waals surface area contributed by atoms with Crippen LogP contribution in [0.4, 0.5) is 0 Å². The minimum atomic E-state index is -1.99. The summed E-state index contributed by atoms with van der Waals surface area (Å²) >= 11 is 0. The van der Waals surface area contributed by atoms with E-state index in [4.69, 9.17) is 0 Å². The SMILES string of the molecule is [CH2-]C(=O)NCCN(CCNC([CH2-])=O)CC(=O)NCCN(CC(=O)N[C@@H](CC(C)C)C(=O)N1CCC[C@H]1C(=O)N[C@H]1CSSC[C@@H](C)NC(=O)[C@H](C(C)O)NC(=O)CNC(=O)[C@H](Cc2ccc(O)cc2)NC(=O)[C@H](Cc2ccc(O)cc2)NC(=O)[C@H](CC(=O)O)NC1=O)C(=O)Cn1cc(C)c(=O)[nH]c1=O.[Gd].[Gd]. The molecule has 586 valence electrons. The third kappa shape index (κ3) is 32.4. The van der Waals surface area contributed by atoms with Crippen molar-refractivity contribution in [1.82, 2.24) is 82.7 Å². The number of carboxylic acids is 1. The first-order valence-electron chi connectivity index (χ1n) is 33.3. The Kier molecular flexibility index (Phi) is 40.6. The van der Waals surface area contributed by atoms with E-state index >= 15 is 0 Å². The summed E-state index contributed by atoms with van der Waals surface area (Å²) in [6.45, 7) is 11.6. The topological polar surface area (TPSA) is 517 Å². The molecule has 2 aliphatic rings. The first kappa shape index (κ1) is 92.5. The van der Waals surface area contributed by atoms with E-state index in [1.807, 2.05) is 0 Å². The maximum Gasteiger partial charge on any atom is 0.328 e. The number of aromatic amines is 1. The van der Waals surface area contributed by atoms with Gasteiger partial charge in [-0.25, -0.2) is 4.79 Å². The monoisotopic (exact) mass is 1810 g/mol. The molecule has 2 fully saturated rings. The van der Waals surface area contributed by atoms with E-state index in [1.54, 1.807) is 25.7 Å². The zero-order chi connectivity index (χ0) is 76.9. The van der Waals surface area contributed by atoms with Crippen molar-refractivity contribution in [3.8, 4) is 11.5 Å². The van der Waals surface area contributed by atoms with E-state index in [-0.39, 0.29) is 199 Å². The number of benzene rings is 2. The quantitative estimate of drug-likeness (QED) is 0.0238. The number of H-pyrrole nitrogens is 1. The van der Waals surface area contributed by atoms with Gasteiger partial charge < -0.3 is 112 Å². The molecule has 0 bridgehead atoms. The number of aromatic nitrogens is 2. The summed E-state index contributed by atoms with van der Waals surface area (Å²) in [4.78, 5) is 222. The Balaban J connectivity index is 0.0000146. The minimum absolute atomic E-state index is 0. The van der Waals surface area contributed by atoms with Crippen molar-refractivity contribution in [3.63, 3.8) is 0 Å². The molecule has 5 rings (SSSR count). The number of nitrogens with one attached hydrogen (secondary N) is 12. The van der Waals surface area contributed by atoms with E-state index < -0.39 is 175 Å². The van der Waals surface area contributed by atoms with Crippen molar-refractivity contribution in [2.45, 2.75) is 134 Å². The molecule has 40 heteroatoms. The number of carboxylic acid groups (broad SMARTS) is 1. The van der Waals surface area contributed by atoms with Crippen molar-refractivity contribution in [3.05, 3.63) is 106 Å². The van der Waals surface area contributed by atoms with Crippen molar-refractivity contribution < 1.29 is 167 Å². The number of likely N-dealkylation sites (tertiary alicyclic amines) is 1. The van der Waals surface area contributed by atoms with Crippen LogP contribution in [0.25, 0.3) is 0 Å². The number of phenols is 2. The van der Waals surface area contributed by atoms with E-state index in [0.717, 1.165) is 37.3 Å². The second kappa shape index (κ2) is 46.5. The number of aryl methyl sites for hydroxylation is 1. The summed E-state index contributed by atoms with van der Waals surface area (Å²) in [6.07, 6.45) is -1.86. The number of carbonyl (C=O) groups is 14. The van der Waals surface area contributed by atoms with Gasteiger partial charge in [-0.1, -0.05) is 59.7 Å². The van der Waals surface area contributed by atoms with Crippen molar-refractivity contribution >= 4 is 104 Å². The third-order valence-corrected chi connectivity index (χ3v) is 18.7. The molecular formula is C66H92Gd2N16O20S2-2. The number of nitrogens with zero attached hydrogens (tertiary/aromatic N) is 4. The average molecular weight is 1810 g/mol. The molecule has 3 aromatic rings. The molecule has 13 amide bonds. The number of hydrogen-bond acceptors (Lipinski definition) is 22. The minimum Gasteiger partial charge on any atom is -0.508 e. The Hall–Kier alpha value is -7.69. The summed E-state index contributed by atoms with van der Waals surface area (Å²) in [6, 6.07) is -0.917. The number of rotatable bonds is 28. The Morgan fingerprint density at radius 3 is 1.78 bits per heavy atom. The fraction of sp³-hybridized carbons (Fsp3) is 0.515. The van der Waals surface area contributed by atoms with E-state index in [1.165, 1.54) is 67.3 Å². The predicted molar refractivity (Wildman–Crippen MR) is 378 cm³/mol. The number of phenolic OH excluding ortho intramolecular Hbond substituents is 2. The smallest absolute Gasteiger partial charge is 0.328 e. The first-order chi connectivity index (χ1) is 49.2. The van der Waals surface area contributed by atoms with Gasteiger partial charge in [-0.05, 0) is 81.3 Å². The van der Waals surface area contributed by atoms with Crippen molar-refractivity contribution in [2.75, 3.05) is 77.0 Å². The fourth-order valence-electron chi connectivity index (χ4n) is 10.8. The number of aromatic hydroxyl groups is 2. The van der Waals surface area contributed by atoms with Crippen LogP contribution < -0.4 is 69.7 Å². The van der Waals surface area contributed by atoms with Crippen LogP contribution in [0.5, 0.6) is 11.5 Å². The van der Waals surface area contributed by atoms with Crippen LogP contribution in [0, 0.1) is 107 Å². The predicted octanol–water partition coefficient (Wildman–Crippen LogP) is -5.29. The summed E-state index contributed by atoms with van der Waals surface area (Å²) in [5, 5.41) is 68.8. The zero-order valence-corrected chi connectivity index (χ0v) is 65.1. The molecule has 36 nitrogen and oxygen atoms in total. The van der Waals surface area contributed by atoms with E-state index in [0.29, 0.717) is 11.1 Å². The number of hydrogen-bond donors (Lipinski definition) is 16. The van der Waals surface area contributed by atoms with Gasteiger partial charge >= 0.3 is 11.7 Å². The molecule has 1 unspecified atom stereocenters. The van der Waals surface area contributed by atoms with Gasteiger partial charge in [0, 0.05) is 168 Å². The summed E-state index contributed by atoms with van der Waals surface area (Å²) < 4.78 is 0.906. The van der Waals surface area contributed by atoms with Crippen LogP contribution in [0.3, 0.4) is 0 Å².